The van der Waals surface area contributed by atoms with Gasteiger partial charge in [-0.05, 0) is 31.4 Å². The molecule has 1 amide bonds. The quantitative estimate of drug-likeness (QED) is 0.644. The zero-order chi connectivity index (χ0) is 19.0. The summed E-state index contributed by atoms with van der Waals surface area (Å²) in [7, 11) is 0. The van der Waals surface area contributed by atoms with Crippen LogP contribution in [-0.2, 0) is 0 Å². The lowest BCUT2D eigenvalue weighted by Gasteiger charge is -2.33. The van der Waals surface area contributed by atoms with Gasteiger partial charge in [-0.2, -0.15) is 0 Å². The number of aryl methyl sites for hydroxylation is 1. The average Bonchev–Trinajstić information content (AvgIpc) is 3.04. The molecule has 4 heterocycles. The number of rotatable bonds is 3. The lowest BCUT2D eigenvalue weighted by atomic mass is 10.1. The van der Waals surface area contributed by atoms with Crippen molar-refractivity contribution < 1.29 is 4.79 Å². The fraction of sp³-hybridized carbons (Fsp3) is 0.316. The summed E-state index contributed by atoms with van der Waals surface area (Å²) in [6, 6.07) is 1.90. The topological polar surface area (TPSA) is 99.9 Å². The summed E-state index contributed by atoms with van der Waals surface area (Å²) in [6.07, 6.45) is 8.63. The van der Waals surface area contributed by atoms with Crippen molar-refractivity contribution in [2.45, 2.75) is 25.8 Å². The molecule has 3 aromatic heterocycles. The van der Waals surface area contributed by atoms with Crippen molar-refractivity contribution in [2.24, 2.45) is 5.73 Å². The molecule has 1 aliphatic heterocycles. The molecule has 1 unspecified atom stereocenters. The Labute approximate surface area is 161 Å². The highest BCUT2D eigenvalue weighted by Crippen LogP contribution is 2.38. The van der Waals surface area contributed by atoms with E-state index in [1.807, 2.05) is 6.92 Å². The van der Waals surface area contributed by atoms with Crippen molar-refractivity contribution >= 4 is 39.9 Å². The van der Waals surface area contributed by atoms with Gasteiger partial charge in [0, 0.05) is 37.7 Å². The van der Waals surface area contributed by atoms with Gasteiger partial charge in [0.2, 0.25) is 0 Å². The van der Waals surface area contributed by atoms with E-state index in [4.69, 9.17) is 17.3 Å². The number of nitrogens with one attached hydrogen (secondary N) is 2. The lowest BCUT2D eigenvalue weighted by Crippen LogP contribution is -2.43. The maximum Gasteiger partial charge on any atom is 0.257 e. The lowest BCUT2D eigenvalue weighted by molar-refractivity contribution is 0.102. The number of aromatic nitrogens is 3. The summed E-state index contributed by atoms with van der Waals surface area (Å²) in [5.41, 5.74) is 9.75. The number of nitrogens with two attached hydrogens (primary N) is 1. The monoisotopic (exact) mass is 384 g/mol. The molecular formula is C19H21ClN6O. The Hall–Kier alpha value is -2.64. The Morgan fingerprint density at radius 2 is 2.26 bits per heavy atom. The molecule has 0 spiro atoms. The number of amides is 1. The molecule has 4 rings (SSSR count). The van der Waals surface area contributed by atoms with Crippen molar-refractivity contribution in [3.05, 3.63) is 47.0 Å². The molecule has 4 N–H and O–H groups in total. The molecule has 7 nitrogen and oxygen atoms in total. The van der Waals surface area contributed by atoms with Gasteiger partial charge >= 0.3 is 0 Å². The highest BCUT2D eigenvalue weighted by atomic mass is 35.5. The van der Waals surface area contributed by atoms with Crippen molar-refractivity contribution in [2.75, 3.05) is 23.3 Å². The molecule has 1 atom stereocenters. The number of anilines is 2. The molecule has 140 valence electrons. The fourth-order valence-electron chi connectivity index (χ4n) is 3.55. The molecule has 0 aliphatic carbocycles. The van der Waals surface area contributed by atoms with E-state index in [1.165, 1.54) is 0 Å². The highest BCUT2D eigenvalue weighted by Gasteiger charge is 2.24. The van der Waals surface area contributed by atoms with E-state index in [9.17, 15) is 4.79 Å². The van der Waals surface area contributed by atoms with E-state index in [2.05, 4.69) is 25.2 Å². The van der Waals surface area contributed by atoms with Gasteiger partial charge in [0.15, 0.2) is 0 Å². The number of carbonyl (C=O) groups is 1. The molecule has 0 aromatic carbocycles. The first-order valence-electron chi connectivity index (χ1n) is 8.92. The van der Waals surface area contributed by atoms with Gasteiger partial charge in [0.05, 0.1) is 33.5 Å². The normalized spacial score (nSPS) is 17.3. The molecular weight excluding hydrogens is 364 g/mol. The van der Waals surface area contributed by atoms with E-state index >= 15 is 0 Å². The van der Waals surface area contributed by atoms with E-state index in [0.717, 1.165) is 42.6 Å². The minimum absolute atomic E-state index is 0.105. The molecule has 0 radical (unpaired) electrons. The Morgan fingerprint density at radius 1 is 1.41 bits per heavy atom. The number of aromatic amines is 1. The summed E-state index contributed by atoms with van der Waals surface area (Å²) in [4.78, 5) is 26.4. The van der Waals surface area contributed by atoms with Crippen LogP contribution in [0.5, 0.6) is 0 Å². The van der Waals surface area contributed by atoms with Crippen LogP contribution in [0.15, 0.2) is 30.9 Å². The summed E-state index contributed by atoms with van der Waals surface area (Å²) in [5, 5.41) is 4.30. The number of carbonyl (C=O) groups excluding carboxylic acids is 1. The van der Waals surface area contributed by atoms with E-state index in [1.54, 1.807) is 30.9 Å². The first kappa shape index (κ1) is 17.8. The number of fused-ring (bicyclic) bond motifs is 1. The fourth-order valence-corrected chi connectivity index (χ4v) is 3.81. The second-order valence-corrected chi connectivity index (χ2v) is 7.34. The molecule has 8 heteroatoms. The number of halogens is 1. The predicted octanol–water partition coefficient (Wildman–Crippen LogP) is 3.10. The zero-order valence-electron chi connectivity index (χ0n) is 15.0. The second kappa shape index (κ2) is 7.17. The highest BCUT2D eigenvalue weighted by molar-refractivity contribution is 6.35. The first-order chi connectivity index (χ1) is 13.0. The van der Waals surface area contributed by atoms with Crippen LogP contribution in [0, 0.1) is 6.92 Å². The maximum atomic E-state index is 12.7. The number of hydrogen-bond acceptors (Lipinski definition) is 5. The third kappa shape index (κ3) is 3.48. The molecule has 1 saturated heterocycles. The third-order valence-electron chi connectivity index (χ3n) is 4.79. The smallest absolute Gasteiger partial charge is 0.257 e. The van der Waals surface area contributed by atoms with Gasteiger partial charge < -0.3 is 20.9 Å². The van der Waals surface area contributed by atoms with Gasteiger partial charge in [0.25, 0.3) is 5.91 Å². The Balaban J connectivity index is 1.73. The molecule has 1 aliphatic rings. The van der Waals surface area contributed by atoms with Crippen molar-refractivity contribution in [1.82, 2.24) is 15.0 Å². The van der Waals surface area contributed by atoms with Crippen LogP contribution in [0.3, 0.4) is 0 Å². The summed E-state index contributed by atoms with van der Waals surface area (Å²) >= 11 is 6.51. The van der Waals surface area contributed by atoms with E-state index in [-0.39, 0.29) is 11.9 Å². The van der Waals surface area contributed by atoms with Gasteiger partial charge in [-0.3, -0.25) is 9.78 Å². The van der Waals surface area contributed by atoms with Crippen LogP contribution >= 0.6 is 11.6 Å². The molecule has 0 bridgehead atoms. The van der Waals surface area contributed by atoms with Crippen molar-refractivity contribution in [3.8, 4) is 0 Å². The van der Waals surface area contributed by atoms with Gasteiger partial charge in [-0.1, -0.05) is 11.6 Å². The number of H-pyrrole nitrogens is 1. The van der Waals surface area contributed by atoms with Gasteiger partial charge in [-0.25, -0.2) is 4.98 Å². The first-order valence-corrected chi connectivity index (χ1v) is 9.30. The summed E-state index contributed by atoms with van der Waals surface area (Å²) in [6.45, 7) is 3.49. The SMILES string of the molecule is Cc1cncc(C(=O)Nc2c[nH]c3ncc(Cl)c(N4CCCC(N)C4)c23)c1. The number of hydrogen-bond donors (Lipinski definition) is 3. The predicted molar refractivity (Wildman–Crippen MR) is 107 cm³/mol. The Bertz CT molecular complexity index is 1000. The molecule has 3 aromatic rings. The van der Waals surface area contributed by atoms with E-state index in [0.29, 0.717) is 21.9 Å². The number of nitrogens with zero attached hydrogens (tertiary/aromatic N) is 3. The number of pyridine rings is 2. The van der Waals surface area contributed by atoms with Crippen LogP contribution < -0.4 is 16.0 Å². The minimum Gasteiger partial charge on any atom is -0.368 e. The average molecular weight is 385 g/mol. The third-order valence-corrected chi connectivity index (χ3v) is 5.07. The zero-order valence-corrected chi connectivity index (χ0v) is 15.8. The number of piperidine rings is 1. The van der Waals surface area contributed by atoms with E-state index < -0.39 is 0 Å². The molecule has 27 heavy (non-hydrogen) atoms. The molecule has 1 fully saturated rings. The minimum atomic E-state index is -0.228. The van der Waals surface area contributed by atoms with Gasteiger partial charge in [-0.15, -0.1) is 0 Å². The van der Waals surface area contributed by atoms with Crippen molar-refractivity contribution in [1.29, 1.82) is 0 Å². The molecule has 0 saturated carbocycles. The summed E-state index contributed by atoms with van der Waals surface area (Å²) < 4.78 is 0. The van der Waals surface area contributed by atoms with Crippen LogP contribution in [0.4, 0.5) is 11.4 Å². The van der Waals surface area contributed by atoms with Crippen LogP contribution in [0.1, 0.15) is 28.8 Å². The largest absolute Gasteiger partial charge is 0.368 e. The van der Waals surface area contributed by atoms with Crippen molar-refractivity contribution in [3.63, 3.8) is 0 Å². The van der Waals surface area contributed by atoms with Crippen LogP contribution in [-0.4, -0.2) is 40.0 Å². The summed E-state index contributed by atoms with van der Waals surface area (Å²) in [5.74, 6) is -0.228. The maximum absolute atomic E-state index is 12.7. The Kier molecular flexibility index (Phi) is 4.72. The standard InChI is InChI=1S/C19H21ClN6O/c1-11-5-12(7-22-6-11)19(27)25-15-9-24-18-16(15)17(14(20)8-23-18)26-4-2-3-13(21)10-26/h5-9,13H,2-4,10,21H2,1H3,(H,23,24)(H,25,27). The van der Waals surface area contributed by atoms with Gasteiger partial charge in [0.1, 0.15) is 5.65 Å². The Morgan fingerprint density at radius 3 is 3.04 bits per heavy atom. The second-order valence-electron chi connectivity index (χ2n) is 6.93. The van der Waals surface area contributed by atoms with Crippen LogP contribution in [0.25, 0.3) is 11.0 Å². The van der Waals surface area contributed by atoms with Crippen LogP contribution in [0.2, 0.25) is 5.02 Å².